The molecule has 1 amide bonds. The number of likely N-dealkylation sites (tertiary alicyclic amines) is 1. The predicted molar refractivity (Wildman–Crippen MR) is 87.6 cm³/mol. The number of halogens is 3. The van der Waals surface area contributed by atoms with E-state index in [1.54, 1.807) is 0 Å². The molecule has 0 bridgehead atoms. The van der Waals surface area contributed by atoms with E-state index in [1.165, 1.54) is 12.0 Å². The average molecular weight is 386 g/mol. The van der Waals surface area contributed by atoms with Crippen LogP contribution in [0.25, 0.3) is 0 Å². The lowest BCUT2D eigenvalue weighted by molar-refractivity contribution is -0.206. The number of alkyl halides is 3. The molecular weight excluding hydrogens is 365 g/mol. The van der Waals surface area contributed by atoms with Crippen molar-refractivity contribution in [1.29, 1.82) is 0 Å². The van der Waals surface area contributed by atoms with Gasteiger partial charge >= 0.3 is 12.1 Å². The van der Waals surface area contributed by atoms with Crippen LogP contribution < -0.4 is 0 Å². The van der Waals surface area contributed by atoms with E-state index in [0.717, 1.165) is 24.8 Å². The van der Waals surface area contributed by atoms with Crippen LogP contribution in [0, 0.1) is 5.41 Å². The van der Waals surface area contributed by atoms with E-state index >= 15 is 0 Å². The fourth-order valence-corrected chi connectivity index (χ4v) is 4.38. The van der Waals surface area contributed by atoms with Gasteiger partial charge in [0.2, 0.25) is 0 Å². The van der Waals surface area contributed by atoms with Crippen molar-refractivity contribution in [1.82, 2.24) is 9.88 Å². The highest BCUT2D eigenvalue weighted by molar-refractivity contribution is 5.93. The van der Waals surface area contributed by atoms with Gasteiger partial charge in [0.1, 0.15) is 5.69 Å². The molecule has 3 atom stereocenters. The summed E-state index contributed by atoms with van der Waals surface area (Å²) in [5, 5.41) is 9.43. The second kappa shape index (κ2) is 7.10. The zero-order valence-electron chi connectivity index (χ0n) is 14.8. The highest BCUT2D eigenvalue weighted by atomic mass is 19.4. The molecule has 2 aliphatic rings. The summed E-state index contributed by atoms with van der Waals surface area (Å²) < 4.78 is 43.2. The number of ether oxygens (including phenoxy) is 1. The summed E-state index contributed by atoms with van der Waals surface area (Å²) in [7, 11) is 1.32. The Morgan fingerprint density at radius 2 is 2.07 bits per heavy atom. The van der Waals surface area contributed by atoms with E-state index in [0.29, 0.717) is 32.2 Å². The third-order valence-electron chi connectivity index (χ3n) is 5.62. The highest BCUT2D eigenvalue weighted by Crippen LogP contribution is 2.48. The molecule has 1 aliphatic heterocycles. The van der Waals surface area contributed by atoms with Gasteiger partial charge in [-0.3, -0.25) is 14.6 Å². The smallest absolute Gasteiger partial charge is 0.418 e. The van der Waals surface area contributed by atoms with Crippen LogP contribution in [0.15, 0.2) is 18.3 Å². The number of fused-ring (bicyclic) bond motifs is 1. The van der Waals surface area contributed by atoms with E-state index in [4.69, 9.17) is 4.74 Å². The lowest BCUT2D eigenvalue weighted by Gasteiger charge is -2.44. The molecule has 1 aliphatic carbocycles. The summed E-state index contributed by atoms with van der Waals surface area (Å²) in [5.41, 5.74) is -1.38. The maximum Gasteiger partial charge on any atom is 0.418 e. The Kier molecular flexibility index (Phi) is 5.16. The topological polar surface area (TPSA) is 79.7 Å². The van der Waals surface area contributed by atoms with Crippen LogP contribution >= 0.6 is 0 Å². The normalized spacial score (nSPS) is 26.4. The Bertz CT molecular complexity index is 740. The molecule has 1 saturated heterocycles. The van der Waals surface area contributed by atoms with Crippen LogP contribution in [0.5, 0.6) is 0 Å². The number of aromatic nitrogens is 1. The number of esters is 1. The van der Waals surface area contributed by atoms with Gasteiger partial charge in [0.25, 0.3) is 5.91 Å². The minimum atomic E-state index is -4.84. The maximum absolute atomic E-state index is 13.0. The lowest BCUT2D eigenvalue weighted by atomic mass is 9.74. The molecule has 0 aromatic carbocycles. The molecule has 0 radical (unpaired) electrons. The van der Waals surface area contributed by atoms with Crippen molar-refractivity contribution < 1.29 is 32.6 Å². The number of hydrogen-bond donors (Lipinski definition) is 1. The van der Waals surface area contributed by atoms with Crippen molar-refractivity contribution in [3.63, 3.8) is 0 Å². The number of aliphatic hydroxyl groups excluding tert-OH is 1. The van der Waals surface area contributed by atoms with Gasteiger partial charge in [0.15, 0.2) is 6.10 Å². The SMILES string of the molecule is COC(=O)[C@]12CCC[C@H]1N(C(=O)c1cc(C(O)C(F)(F)F)ccn1)CCC2. The monoisotopic (exact) mass is 386 g/mol. The molecule has 0 spiro atoms. The maximum atomic E-state index is 13.0. The molecule has 1 unspecified atom stereocenters. The van der Waals surface area contributed by atoms with Gasteiger partial charge in [0, 0.05) is 18.8 Å². The molecule has 148 valence electrons. The van der Waals surface area contributed by atoms with Gasteiger partial charge in [0.05, 0.1) is 12.5 Å². The predicted octanol–water partition coefficient (Wildman–Crippen LogP) is 2.63. The standard InChI is InChI=1S/C18H21F3N2O4/c1-27-16(26)17-6-2-4-13(17)23(9-3-7-17)15(25)12-10-11(5-8-22-12)14(24)18(19,20)21/h5,8,10,13-14,24H,2-4,6-7,9H2,1H3/t13-,14?,17+/m1/s1. The first-order chi connectivity index (χ1) is 12.7. The number of amides is 1. The van der Waals surface area contributed by atoms with E-state index < -0.39 is 29.2 Å². The largest absolute Gasteiger partial charge is 0.469 e. The van der Waals surface area contributed by atoms with Crippen LogP contribution in [-0.4, -0.2) is 52.7 Å². The summed E-state index contributed by atoms with van der Waals surface area (Å²) in [5.74, 6) is -0.886. The van der Waals surface area contributed by atoms with Crippen molar-refractivity contribution in [2.75, 3.05) is 13.7 Å². The number of carbonyl (C=O) groups excluding carboxylic acids is 2. The number of aliphatic hydroxyl groups is 1. The zero-order valence-corrected chi connectivity index (χ0v) is 14.8. The molecule has 3 rings (SSSR count). The summed E-state index contributed by atoms with van der Waals surface area (Å²) in [6.45, 7) is 0.399. The number of rotatable bonds is 3. The van der Waals surface area contributed by atoms with Gasteiger partial charge < -0.3 is 14.7 Å². The van der Waals surface area contributed by atoms with Crippen molar-refractivity contribution in [2.45, 2.75) is 50.4 Å². The van der Waals surface area contributed by atoms with Gasteiger partial charge in [-0.05, 0) is 43.4 Å². The van der Waals surface area contributed by atoms with Crippen molar-refractivity contribution in [3.8, 4) is 0 Å². The first-order valence-electron chi connectivity index (χ1n) is 8.81. The van der Waals surface area contributed by atoms with Crippen LogP contribution in [0.1, 0.15) is 54.3 Å². The Morgan fingerprint density at radius 3 is 2.74 bits per heavy atom. The molecular formula is C18H21F3N2O4. The van der Waals surface area contributed by atoms with E-state index in [-0.39, 0.29) is 17.7 Å². The zero-order chi connectivity index (χ0) is 19.8. The average Bonchev–Trinajstić information content (AvgIpc) is 3.10. The third-order valence-corrected chi connectivity index (χ3v) is 5.62. The number of pyridine rings is 1. The third kappa shape index (κ3) is 3.40. The number of piperidine rings is 1. The minimum absolute atomic E-state index is 0.177. The van der Waals surface area contributed by atoms with Crippen LogP contribution in [0.4, 0.5) is 13.2 Å². The lowest BCUT2D eigenvalue weighted by Crippen LogP contribution is -2.55. The molecule has 2 fully saturated rings. The first-order valence-corrected chi connectivity index (χ1v) is 8.81. The number of hydrogen-bond acceptors (Lipinski definition) is 5. The van der Waals surface area contributed by atoms with Gasteiger partial charge in [-0.1, -0.05) is 6.42 Å². The second-order valence-corrected chi connectivity index (χ2v) is 7.08. The molecule has 6 nitrogen and oxygen atoms in total. The fraction of sp³-hybridized carbons (Fsp3) is 0.611. The quantitative estimate of drug-likeness (QED) is 0.808. The molecule has 1 saturated carbocycles. The molecule has 27 heavy (non-hydrogen) atoms. The van der Waals surface area contributed by atoms with Crippen LogP contribution in [-0.2, 0) is 9.53 Å². The Hall–Kier alpha value is -2.16. The van der Waals surface area contributed by atoms with Crippen molar-refractivity contribution in [3.05, 3.63) is 29.6 Å². The summed E-state index contributed by atoms with van der Waals surface area (Å²) in [6.07, 6.45) is -3.21. The fourth-order valence-electron chi connectivity index (χ4n) is 4.38. The summed E-state index contributed by atoms with van der Waals surface area (Å²) >= 11 is 0. The van der Waals surface area contributed by atoms with Crippen molar-refractivity contribution in [2.24, 2.45) is 5.41 Å². The van der Waals surface area contributed by atoms with Gasteiger partial charge in [-0.2, -0.15) is 13.2 Å². The van der Waals surface area contributed by atoms with Crippen molar-refractivity contribution >= 4 is 11.9 Å². The second-order valence-electron chi connectivity index (χ2n) is 7.08. The Labute approximate surface area is 154 Å². The summed E-state index contributed by atoms with van der Waals surface area (Å²) in [4.78, 5) is 30.8. The number of nitrogens with zero attached hydrogens (tertiary/aromatic N) is 2. The van der Waals surface area contributed by atoms with Gasteiger partial charge in [-0.15, -0.1) is 0 Å². The molecule has 9 heteroatoms. The molecule has 1 aromatic rings. The van der Waals surface area contributed by atoms with Crippen LogP contribution in [0.2, 0.25) is 0 Å². The molecule has 1 N–H and O–H groups in total. The Morgan fingerprint density at radius 1 is 1.37 bits per heavy atom. The van der Waals surface area contributed by atoms with E-state index in [9.17, 15) is 27.9 Å². The van der Waals surface area contributed by atoms with E-state index in [1.807, 2.05) is 0 Å². The molecule has 2 heterocycles. The van der Waals surface area contributed by atoms with E-state index in [2.05, 4.69) is 4.98 Å². The number of carbonyl (C=O) groups is 2. The van der Waals surface area contributed by atoms with Crippen LogP contribution in [0.3, 0.4) is 0 Å². The minimum Gasteiger partial charge on any atom is -0.469 e. The Balaban J connectivity index is 1.89. The number of methoxy groups -OCH3 is 1. The van der Waals surface area contributed by atoms with Gasteiger partial charge in [-0.25, -0.2) is 0 Å². The first kappa shape index (κ1) is 19.6. The highest BCUT2D eigenvalue weighted by Gasteiger charge is 2.55. The summed E-state index contributed by atoms with van der Waals surface area (Å²) in [6, 6.07) is 1.63. The molecule has 1 aromatic heterocycles.